The third kappa shape index (κ3) is 5.12. The van der Waals surface area contributed by atoms with E-state index in [1.165, 1.54) is 12.5 Å². The van der Waals surface area contributed by atoms with E-state index >= 15 is 0 Å². The van der Waals surface area contributed by atoms with Gasteiger partial charge in [0.2, 0.25) is 0 Å². The van der Waals surface area contributed by atoms with Gasteiger partial charge in [0.15, 0.2) is 5.03 Å². The van der Waals surface area contributed by atoms with Crippen molar-refractivity contribution in [1.82, 2.24) is 20.0 Å². The predicted octanol–water partition coefficient (Wildman–Crippen LogP) is 3.92. The second-order valence-electron chi connectivity index (χ2n) is 14.2. The zero-order valence-electron chi connectivity index (χ0n) is 24.4. The van der Waals surface area contributed by atoms with Gasteiger partial charge in [-0.2, -0.15) is 4.72 Å². The van der Waals surface area contributed by atoms with Crippen LogP contribution in [0.3, 0.4) is 0 Å². The first-order chi connectivity index (χ1) is 18.8. The van der Waals surface area contributed by atoms with E-state index in [1.807, 2.05) is 18.2 Å². The van der Waals surface area contributed by atoms with Crippen molar-refractivity contribution in [2.45, 2.75) is 95.0 Å². The number of anilines is 2. The number of piperidine rings is 1. The van der Waals surface area contributed by atoms with Crippen LogP contribution in [0.25, 0.3) is 0 Å². The molecule has 218 valence electrons. The summed E-state index contributed by atoms with van der Waals surface area (Å²) in [4.78, 5) is 11.9. The topological polar surface area (TPSA) is 119 Å². The van der Waals surface area contributed by atoms with Gasteiger partial charge in [0.05, 0.1) is 0 Å². The molecule has 4 N–H and O–H groups in total. The van der Waals surface area contributed by atoms with E-state index in [0.29, 0.717) is 29.0 Å². The van der Waals surface area contributed by atoms with E-state index in [-0.39, 0.29) is 27.4 Å². The van der Waals surface area contributed by atoms with Crippen LogP contribution in [0, 0.1) is 17.3 Å². The van der Waals surface area contributed by atoms with Crippen molar-refractivity contribution < 1.29 is 13.5 Å². The van der Waals surface area contributed by atoms with Crippen molar-refractivity contribution in [1.29, 1.82) is 0 Å². The number of hydrogen-bond acceptors (Lipinski definition) is 8. The maximum Gasteiger partial charge on any atom is 0.260 e. The van der Waals surface area contributed by atoms with E-state index < -0.39 is 16.3 Å². The first-order valence-corrected chi connectivity index (χ1v) is 16.2. The lowest BCUT2D eigenvalue weighted by atomic mass is 9.84. The van der Waals surface area contributed by atoms with Gasteiger partial charge < -0.3 is 20.6 Å². The second kappa shape index (κ2) is 9.64. The molecule has 0 aromatic carbocycles. The van der Waals surface area contributed by atoms with Gasteiger partial charge in [0.1, 0.15) is 17.9 Å². The Hall–Kier alpha value is -2.27. The third-order valence-electron chi connectivity index (χ3n) is 9.66. The predicted molar refractivity (Wildman–Crippen MR) is 157 cm³/mol. The molecular weight excluding hydrogens is 524 g/mol. The summed E-state index contributed by atoms with van der Waals surface area (Å²) in [6.07, 6.45) is 3.97. The summed E-state index contributed by atoms with van der Waals surface area (Å²) in [6, 6.07) is 8.99. The molecule has 2 aromatic heterocycles. The fourth-order valence-corrected chi connectivity index (χ4v) is 8.43. The first kappa shape index (κ1) is 27.9. The monoisotopic (exact) mass is 568 g/mol. The molecule has 0 radical (unpaired) electrons. The molecule has 40 heavy (non-hydrogen) atoms. The minimum absolute atomic E-state index is 0.110. The van der Waals surface area contributed by atoms with Crippen molar-refractivity contribution in [2.75, 3.05) is 29.9 Å². The van der Waals surface area contributed by atoms with Crippen molar-refractivity contribution in [2.24, 2.45) is 17.3 Å². The molecule has 3 aliphatic heterocycles. The SMILES string of the molecule is CC(C)(C)c1ccc2c(n1)N1CC3(CC3CC(C3CCNCC3)Nc3cccc(n3)S(=O)(=O)NC2O)CC1(C)C. The number of sulfonamides is 1. The number of aliphatic hydroxyl groups excluding tert-OH is 1. The third-order valence-corrected chi connectivity index (χ3v) is 11.0. The fraction of sp³-hybridized carbons (Fsp3) is 0.667. The van der Waals surface area contributed by atoms with Gasteiger partial charge >= 0.3 is 0 Å². The number of hydrogen-bond donors (Lipinski definition) is 4. The molecule has 3 fully saturated rings. The van der Waals surface area contributed by atoms with Crippen LogP contribution in [0.1, 0.15) is 84.2 Å². The summed E-state index contributed by atoms with van der Waals surface area (Å²) < 4.78 is 29.4. The van der Waals surface area contributed by atoms with E-state index in [0.717, 1.165) is 51.0 Å². The Labute approximate surface area is 238 Å². The van der Waals surface area contributed by atoms with Gasteiger partial charge in [-0.05, 0) is 101 Å². The maximum absolute atomic E-state index is 13.5. The molecule has 9 nitrogen and oxygen atoms in total. The molecule has 1 spiro atoms. The quantitative estimate of drug-likeness (QED) is 0.409. The number of fused-ring (bicyclic) bond motifs is 5. The second-order valence-corrected chi connectivity index (χ2v) is 15.8. The van der Waals surface area contributed by atoms with E-state index in [1.54, 1.807) is 6.07 Å². The van der Waals surface area contributed by atoms with Crippen LogP contribution in [0.5, 0.6) is 0 Å². The van der Waals surface area contributed by atoms with Crippen LogP contribution < -0.4 is 20.3 Å². The zero-order valence-corrected chi connectivity index (χ0v) is 25.2. The highest BCUT2D eigenvalue weighted by Crippen LogP contribution is 2.65. The van der Waals surface area contributed by atoms with Crippen LogP contribution in [0.15, 0.2) is 35.4 Å². The Morgan fingerprint density at radius 3 is 2.55 bits per heavy atom. The van der Waals surface area contributed by atoms with Crippen LogP contribution >= 0.6 is 0 Å². The Morgan fingerprint density at radius 2 is 1.82 bits per heavy atom. The van der Waals surface area contributed by atoms with E-state index in [9.17, 15) is 13.5 Å². The lowest BCUT2D eigenvalue weighted by Crippen LogP contribution is -2.41. The van der Waals surface area contributed by atoms with Crippen LogP contribution in [0.4, 0.5) is 11.6 Å². The van der Waals surface area contributed by atoms with Gasteiger partial charge in [0, 0.05) is 34.8 Å². The van der Waals surface area contributed by atoms with Gasteiger partial charge in [-0.25, -0.2) is 18.4 Å². The lowest BCUT2D eigenvalue weighted by molar-refractivity contribution is 0.166. The molecule has 4 bridgehead atoms. The molecule has 4 atom stereocenters. The van der Waals surface area contributed by atoms with Gasteiger partial charge in [0.25, 0.3) is 10.0 Å². The number of nitrogens with zero attached hydrogens (tertiary/aromatic N) is 3. The average Bonchev–Trinajstić information content (AvgIpc) is 3.46. The Kier molecular flexibility index (Phi) is 6.72. The summed E-state index contributed by atoms with van der Waals surface area (Å²) in [5, 5.41) is 18.4. The highest BCUT2D eigenvalue weighted by atomic mass is 32.2. The van der Waals surface area contributed by atoms with Gasteiger partial charge in [-0.1, -0.05) is 26.8 Å². The molecule has 1 aliphatic carbocycles. The number of rotatable bonds is 1. The lowest BCUT2D eigenvalue weighted by Gasteiger charge is -2.35. The molecule has 2 saturated heterocycles. The molecule has 5 heterocycles. The fourth-order valence-electron chi connectivity index (χ4n) is 7.41. The van der Waals surface area contributed by atoms with Crippen molar-refractivity contribution in [3.63, 3.8) is 0 Å². The van der Waals surface area contributed by atoms with Crippen molar-refractivity contribution in [3.05, 3.63) is 41.6 Å². The van der Waals surface area contributed by atoms with Gasteiger partial charge in [-0.3, -0.25) is 0 Å². The summed E-state index contributed by atoms with van der Waals surface area (Å²) in [6.45, 7) is 13.7. The van der Waals surface area contributed by atoms with Crippen LogP contribution in [0.2, 0.25) is 0 Å². The minimum atomic E-state index is -4.11. The number of aromatic nitrogens is 2. The summed E-state index contributed by atoms with van der Waals surface area (Å²) in [5.41, 5.74) is 1.18. The van der Waals surface area contributed by atoms with E-state index in [4.69, 9.17) is 4.98 Å². The molecule has 10 heteroatoms. The molecular formula is C30H44N6O3S. The highest BCUT2D eigenvalue weighted by molar-refractivity contribution is 7.89. The molecule has 1 saturated carbocycles. The Morgan fingerprint density at radius 1 is 1.07 bits per heavy atom. The Balaban J connectivity index is 1.46. The molecule has 4 aliphatic rings. The smallest absolute Gasteiger partial charge is 0.260 e. The normalized spacial score (nSPS) is 31.8. The van der Waals surface area contributed by atoms with Crippen molar-refractivity contribution >= 4 is 21.7 Å². The molecule has 4 unspecified atom stereocenters. The zero-order chi connectivity index (χ0) is 28.5. The summed E-state index contributed by atoms with van der Waals surface area (Å²) in [5.74, 6) is 2.30. The van der Waals surface area contributed by atoms with Crippen molar-refractivity contribution in [3.8, 4) is 0 Å². The van der Waals surface area contributed by atoms with Crippen LogP contribution in [-0.2, 0) is 15.4 Å². The number of pyridine rings is 2. The van der Waals surface area contributed by atoms with Crippen LogP contribution in [-0.4, -0.2) is 54.7 Å². The average molecular weight is 569 g/mol. The number of aliphatic hydroxyl groups is 1. The minimum Gasteiger partial charge on any atom is -0.373 e. The maximum atomic E-state index is 13.5. The highest BCUT2D eigenvalue weighted by Gasteiger charge is 2.63. The summed E-state index contributed by atoms with van der Waals surface area (Å²) in [7, 11) is -4.11. The van der Waals surface area contributed by atoms with E-state index in [2.05, 4.69) is 59.9 Å². The molecule has 6 rings (SSSR count). The molecule has 2 aromatic rings. The number of nitrogens with one attached hydrogen (secondary N) is 3. The summed E-state index contributed by atoms with van der Waals surface area (Å²) >= 11 is 0. The first-order valence-electron chi connectivity index (χ1n) is 14.7. The standard InChI is InChI=1S/C30H44N6O3S/c1-28(2,3)23-10-9-21-26(33-23)36-18-30(17-29(36,4)5)16-20(30)15-22(19-11-13-31-14-12-19)32-24-7-6-8-25(34-24)40(38,39)35-27(21)37/h6-10,19-20,22,27,31,35,37H,11-18H2,1-5H3,(H,32,34). The Bertz CT molecular complexity index is 1380. The van der Waals surface area contributed by atoms with Gasteiger partial charge in [-0.15, -0.1) is 0 Å². The molecule has 0 amide bonds. The largest absolute Gasteiger partial charge is 0.373 e.